The Hall–Kier alpha value is -3.12. The van der Waals surface area contributed by atoms with Crippen molar-refractivity contribution in [3.63, 3.8) is 0 Å². The van der Waals surface area contributed by atoms with Crippen molar-refractivity contribution in [2.24, 2.45) is 35.0 Å². The topological polar surface area (TPSA) is 71.1 Å². The van der Waals surface area contributed by atoms with Gasteiger partial charge in [0.25, 0.3) is 0 Å². The van der Waals surface area contributed by atoms with E-state index in [1.54, 1.807) is 0 Å². The fourth-order valence-electron chi connectivity index (χ4n) is 8.37. The van der Waals surface area contributed by atoms with Crippen LogP contribution in [0, 0.1) is 35.0 Å². The molecular weight excluding hydrogens is 516 g/mol. The molecule has 0 bridgehead atoms. The van der Waals surface area contributed by atoms with Gasteiger partial charge in [-0.25, -0.2) is 9.59 Å². The third kappa shape index (κ3) is 6.23. The van der Waals surface area contributed by atoms with Gasteiger partial charge in [0.2, 0.25) is 0 Å². The Morgan fingerprint density at radius 2 is 1.63 bits per heavy atom. The minimum atomic E-state index is -0.431. The minimum absolute atomic E-state index is 0.0172. The summed E-state index contributed by atoms with van der Waals surface area (Å²) in [5, 5.41) is 0. The molecule has 0 aromatic heterocycles. The van der Waals surface area contributed by atoms with E-state index in [-0.39, 0.29) is 24.7 Å². The van der Waals surface area contributed by atoms with Gasteiger partial charge >= 0.3 is 11.9 Å². The van der Waals surface area contributed by atoms with Gasteiger partial charge in [-0.1, -0.05) is 62.5 Å². The van der Waals surface area contributed by atoms with E-state index in [1.165, 1.54) is 56.3 Å². The number of esters is 2. The second-order valence-electron chi connectivity index (χ2n) is 11.7. The molecule has 5 aliphatic rings. The van der Waals surface area contributed by atoms with E-state index < -0.39 is 11.9 Å². The highest BCUT2D eigenvalue weighted by molar-refractivity contribution is 5.81. The number of carbonyl (C=O) groups excluding carboxylic acids is 2. The second kappa shape index (κ2) is 13.7. The first-order valence-electron chi connectivity index (χ1n) is 15.3. The molecule has 7 atom stereocenters. The van der Waals surface area contributed by atoms with Gasteiger partial charge in [0.15, 0.2) is 0 Å². The Kier molecular flexibility index (Phi) is 9.81. The molecule has 0 saturated heterocycles. The summed E-state index contributed by atoms with van der Waals surface area (Å²) in [4.78, 5) is 22.6. The zero-order valence-electron chi connectivity index (χ0n) is 24.1. The van der Waals surface area contributed by atoms with Crippen LogP contribution in [0.15, 0.2) is 85.3 Å². The number of hydrogen-bond donors (Lipinski definition) is 0. The van der Waals surface area contributed by atoms with Crippen LogP contribution in [-0.2, 0) is 28.5 Å². The number of rotatable bonds is 12. The van der Waals surface area contributed by atoms with Gasteiger partial charge in [-0.15, -0.1) is 0 Å². The van der Waals surface area contributed by atoms with Crippen molar-refractivity contribution < 1.29 is 28.5 Å². The van der Waals surface area contributed by atoms with Crippen LogP contribution in [0.2, 0.25) is 0 Å². The summed E-state index contributed by atoms with van der Waals surface area (Å²) in [5.41, 5.74) is 1.52. The summed E-state index contributed by atoms with van der Waals surface area (Å²) < 4.78 is 22.1. The fraction of sp³-hybridized carbons (Fsp3) is 0.543. The molecule has 6 nitrogen and oxygen atoms in total. The first kappa shape index (κ1) is 29.4. The van der Waals surface area contributed by atoms with E-state index in [0.29, 0.717) is 31.0 Å². The normalized spacial score (nSPS) is 33.6. The highest BCUT2D eigenvalue weighted by Gasteiger charge is 2.62. The van der Waals surface area contributed by atoms with Crippen molar-refractivity contribution in [3.8, 4) is 0 Å². The molecule has 6 heteroatoms. The number of hydrogen-bond acceptors (Lipinski definition) is 6. The molecule has 2 saturated carbocycles. The average molecular weight is 561 g/mol. The summed E-state index contributed by atoms with van der Waals surface area (Å²) in [6.07, 6.45) is 30.6. The Morgan fingerprint density at radius 1 is 0.854 bits per heavy atom. The molecule has 5 rings (SSSR count). The van der Waals surface area contributed by atoms with Gasteiger partial charge in [0.1, 0.15) is 25.6 Å². The van der Waals surface area contributed by atoms with Crippen LogP contribution >= 0.6 is 0 Å². The first-order chi connectivity index (χ1) is 20.1. The van der Waals surface area contributed by atoms with E-state index in [1.807, 2.05) is 0 Å². The van der Waals surface area contributed by atoms with Crippen LogP contribution in [0.4, 0.5) is 0 Å². The smallest absolute Gasteiger partial charge is 0.330 e. The SMILES string of the molecule is C=CC(=O)OCCOC1=CCC(C2(C3=CCC(OCCOC(=O)C=C)C=C3)C3C=CCCC3C3CCCCC32)C=C1. The third-order valence-corrected chi connectivity index (χ3v) is 9.83. The van der Waals surface area contributed by atoms with E-state index in [2.05, 4.69) is 61.8 Å². The fourth-order valence-corrected chi connectivity index (χ4v) is 8.37. The Labute approximate surface area is 244 Å². The Morgan fingerprint density at radius 3 is 2.34 bits per heavy atom. The van der Waals surface area contributed by atoms with Crippen molar-refractivity contribution in [3.05, 3.63) is 85.3 Å². The number of ether oxygens (including phenoxy) is 4. The lowest BCUT2D eigenvalue weighted by molar-refractivity contribution is -0.140. The molecule has 41 heavy (non-hydrogen) atoms. The van der Waals surface area contributed by atoms with Gasteiger partial charge in [-0.05, 0) is 85.8 Å². The monoisotopic (exact) mass is 560 g/mol. The summed E-state index contributed by atoms with van der Waals surface area (Å²) in [7, 11) is 0. The van der Waals surface area contributed by atoms with Gasteiger partial charge in [-0.2, -0.15) is 0 Å². The van der Waals surface area contributed by atoms with Gasteiger partial charge in [-0.3, -0.25) is 0 Å². The van der Waals surface area contributed by atoms with Crippen molar-refractivity contribution in [2.75, 3.05) is 26.4 Å². The lowest BCUT2D eigenvalue weighted by Gasteiger charge is -2.49. The van der Waals surface area contributed by atoms with Crippen LogP contribution in [0.25, 0.3) is 0 Å². The average Bonchev–Trinajstić information content (AvgIpc) is 3.33. The highest BCUT2D eigenvalue weighted by Crippen LogP contribution is 2.69. The largest absolute Gasteiger partial charge is 0.490 e. The lowest BCUT2D eigenvalue weighted by atomic mass is 9.54. The van der Waals surface area contributed by atoms with Crippen LogP contribution in [0.1, 0.15) is 51.4 Å². The zero-order chi connectivity index (χ0) is 28.7. The quantitative estimate of drug-likeness (QED) is 0.116. The molecule has 220 valence electrons. The summed E-state index contributed by atoms with van der Waals surface area (Å²) in [6.45, 7) is 7.99. The van der Waals surface area contributed by atoms with Crippen LogP contribution in [0.3, 0.4) is 0 Å². The molecule has 0 spiro atoms. The Bertz CT molecular complexity index is 1140. The molecule has 0 radical (unpaired) electrons. The van der Waals surface area contributed by atoms with Gasteiger partial charge in [0.05, 0.1) is 12.7 Å². The molecule has 0 aliphatic heterocycles. The molecule has 0 heterocycles. The van der Waals surface area contributed by atoms with Crippen LogP contribution < -0.4 is 0 Å². The summed E-state index contributed by atoms with van der Waals surface area (Å²) >= 11 is 0. The van der Waals surface area contributed by atoms with Crippen molar-refractivity contribution in [2.45, 2.75) is 57.5 Å². The molecule has 0 amide bonds. The first-order valence-corrected chi connectivity index (χ1v) is 15.3. The van der Waals surface area contributed by atoms with Crippen molar-refractivity contribution >= 4 is 11.9 Å². The predicted octanol–water partition coefficient (Wildman–Crippen LogP) is 6.58. The van der Waals surface area contributed by atoms with Crippen LogP contribution in [-0.4, -0.2) is 44.5 Å². The molecule has 0 aromatic carbocycles. The van der Waals surface area contributed by atoms with Gasteiger partial charge < -0.3 is 18.9 Å². The Balaban J connectivity index is 1.34. The highest BCUT2D eigenvalue weighted by atomic mass is 16.6. The van der Waals surface area contributed by atoms with E-state index in [4.69, 9.17) is 18.9 Å². The zero-order valence-corrected chi connectivity index (χ0v) is 24.1. The molecule has 5 aliphatic carbocycles. The third-order valence-electron chi connectivity index (χ3n) is 9.83. The van der Waals surface area contributed by atoms with E-state index in [9.17, 15) is 9.59 Å². The standard InChI is InChI=1S/C35H44O6/c1-3-33(36)40-23-21-38-27-17-13-25(14-18-27)35(26-15-19-28(20-16-26)39-22-24-41-34(37)4-2)31-11-7-5-9-29(31)30-10-6-8-12-32(30)35/h3-4,7,11,13-15,17,19-20,26-27,29-32H,1-2,5-6,8-10,12,16,18,21-24H2. The summed E-state index contributed by atoms with van der Waals surface area (Å²) in [6, 6.07) is 0. The number of allylic oxidation sites excluding steroid dienone is 7. The second-order valence-corrected chi connectivity index (χ2v) is 11.7. The number of carbonyl (C=O) groups is 2. The maximum atomic E-state index is 11.3. The number of fused-ring (bicyclic) bond motifs is 3. The molecular formula is C35H44O6. The molecule has 0 aromatic rings. The van der Waals surface area contributed by atoms with Crippen molar-refractivity contribution in [1.82, 2.24) is 0 Å². The van der Waals surface area contributed by atoms with Gasteiger partial charge in [0, 0.05) is 17.6 Å². The van der Waals surface area contributed by atoms with E-state index in [0.717, 1.165) is 30.4 Å². The summed E-state index contributed by atoms with van der Waals surface area (Å²) in [5.74, 6) is 3.07. The predicted molar refractivity (Wildman–Crippen MR) is 158 cm³/mol. The van der Waals surface area contributed by atoms with E-state index >= 15 is 0 Å². The van der Waals surface area contributed by atoms with Crippen LogP contribution in [0.5, 0.6) is 0 Å². The molecule has 0 N–H and O–H groups in total. The maximum Gasteiger partial charge on any atom is 0.330 e. The van der Waals surface area contributed by atoms with Crippen molar-refractivity contribution in [1.29, 1.82) is 0 Å². The minimum Gasteiger partial charge on any atom is -0.490 e. The maximum absolute atomic E-state index is 11.3. The molecule has 2 fully saturated rings. The molecule has 7 unspecified atom stereocenters. The lowest BCUT2D eigenvalue weighted by Crippen LogP contribution is -2.43.